The van der Waals surface area contributed by atoms with E-state index in [9.17, 15) is 4.79 Å². The smallest absolute Gasteiger partial charge is 0.327 e. The Kier molecular flexibility index (Phi) is 3.69. The summed E-state index contributed by atoms with van der Waals surface area (Å²) < 4.78 is 5.07. The van der Waals surface area contributed by atoms with Gasteiger partial charge in [-0.15, -0.1) is 0 Å². The van der Waals surface area contributed by atoms with Gasteiger partial charge in [-0.1, -0.05) is 24.6 Å². The number of fused-ring (bicyclic) bond motifs is 2. The highest BCUT2D eigenvalue weighted by molar-refractivity contribution is 6.03. The Balaban J connectivity index is 1.56. The highest BCUT2D eigenvalue weighted by Crippen LogP contribution is 2.52. The summed E-state index contributed by atoms with van der Waals surface area (Å²) in [7, 11) is 1.61. The third-order valence-electron chi connectivity index (χ3n) is 5.03. The van der Waals surface area contributed by atoms with Crippen LogP contribution >= 0.6 is 0 Å². The number of amides is 2. The fraction of sp³-hybridized carbons (Fsp3) is 0.389. The number of carbonyl (C=O) groups excluding carboxylic acids is 1. The Hall–Kier alpha value is -2.47. The second kappa shape index (κ2) is 5.87. The van der Waals surface area contributed by atoms with Gasteiger partial charge in [0, 0.05) is 30.8 Å². The quantitative estimate of drug-likeness (QED) is 0.942. The van der Waals surface area contributed by atoms with Crippen molar-refractivity contribution in [2.75, 3.05) is 23.9 Å². The summed E-state index contributed by atoms with van der Waals surface area (Å²) in [5.41, 5.74) is 3.20. The Morgan fingerprint density at radius 1 is 1.33 bits per heavy atom. The van der Waals surface area contributed by atoms with E-state index in [-0.39, 0.29) is 11.4 Å². The van der Waals surface area contributed by atoms with Gasteiger partial charge in [0.25, 0.3) is 0 Å². The van der Waals surface area contributed by atoms with Crippen LogP contribution in [-0.4, -0.2) is 29.7 Å². The highest BCUT2D eigenvalue weighted by Gasteiger charge is 2.48. The number of hydrogen-bond donors (Lipinski definition) is 1. The highest BCUT2D eigenvalue weighted by atomic mass is 16.5. The fourth-order valence-corrected chi connectivity index (χ4v) is 3.71. The minimum atomic E-state index is -0.145. The van der Waals surface area contributed by atoms with Crippen LogP contribution in [0.3, 0.4) is 0 Å². The summed E-state index contributed by atoms with van der Waals surface area (Å²) in [6.45, 7) is 1.13. The molecule has 6 heteroatoms. The van der Waals surface area contributed by atoms with Gasteiger partial charge >= 0.3 is 6.03 Å². The minimum Gasteiger partial charge on any atom is -0.378 e. The second-order valence-electron chi connectivity index (χ2n) is 6.49. The van der Waals surface area contributed by atoms with E-state index >= 15 is 0 Å². The summed E-state index contributed by atoms with van der Waals surface area (Å²) in [4.78, 5) is 22.9. The lowest BCUT2D eigenvalue weighted by Gasteiger charge is -2.38. The van der Waals surface area contributed by atoms with Crippen molar-refractivity contribution in [3.05, 3.63) is 47.9 Å². The number of aromatic nitrogens is 2. The van der Waals surface area contributed by atoms with Crippen LogP contribution in [0, 0.1) is 0 Å². The first-order valence-electron chi connectivity index (χ1n) is 8.20. The van der Waals surface area contributed by atoms with Gasteiger partial charge in [0.2, 0.25) is 0 Å². The topological polar surface area (TPSA) is 67.3 Å². The van der Waals surface area contributed by atoms with Gasteiger partial charge in [-0.05, 0) is 24.5 Å². The standard InChI is InChI=1S/C18H20N4O2/c1-24-10-13-9-16(20-12-19-13)21-17(23)22-11-18(7-4-8-18)14-5-2-3-6-15(14)22/h2-3,5-6,9,12H,4,7-8,10-11H2,1H3,(H,19,20,21,23). The van der Waals surface area contributed by atoms with Gasteiger partial charge < -0.3 is 4.74 Å². The molecule has 124 valence electrons. The lowest BCUT2D eigenvalue weighted by molar-refractivity contribution is 0.181. The predicted octanol–water partition coefficient (Wildman–Crippen LogP) is 3.10. The van der Waals surface area contributed by atoms with Crippen molar-refractivity contribution in [3.8, 4) is 0 Å². The van der Waals surface area contributed by atoms with Crippen LogP contribution < -0.4 is 10.2 Å². The van der Waals surface area contributed by atoms with Crippen LogP contribution in [0.2, 0.25) is 0 Å². The molecular weight excluding hydrogens is 304 g/mol. The van der Waals surface area contributed by atoms with Crippen LogP contribution in [0.25, 0.3) is 0 Å². The molecule has 2 heterocycles. The number of rotatable bonds is 3. The van der Waals surface area contributed by atoms with Gasteiger partial charge in [0.1, 0.15) is 12.1 Å². The van der Waals surface area contributed by atoms with Crippen LogP contribution in [0.4, 0.5) is 16.3 Å². The van der Waals surface area contributed by atoms with Gasteiger partial charge in [-0.2, -0.15) is 0 Å². The molecule has 2 aromatic rings. The Bertz CT molecular complexity index is 773. The van der Waals surface area contributed by atoms with Gasteiger partial charge in [0.15, 0.2) is 0 Å². The van der Waals surface area contributed by atoms with E-state index in [1.54, 1.807) is 13.2 Å². The number of ether oxygens (including phenoxy) is 1. The van der Waals surface area contributed by atoms with Crippen molar-refractivity contribution in [3.63, 3.8) is 0 Å². The molecule has 2 aliphatic rings. The van der Waals surface area contributed by atoms with E-state index in [0.29, 0.717) is 12.4 Å². The van der Waals surface area contributed by atoms with Crippen LogP contribution in [0.15, 0.2) is 36.7 Å². The zero-order valence-corrected chi connectivity index (χ0v) is 13.7. The monoisotopic (exact) mass is 324 g/mol. The summed E-state index contributed by atoms with van der Waals surface area (Å²) in [6.07, 6.45) is 4.98. The molecule has 1 aliphatic carbocycles. The molecule has 1 spiro atoms. The molecule has 1 fully saturated rings. The van der Waals surface area contributed by atoms with Crippen LogP contribution in [0.5, 0.6) is 0 Å². The molecule has 0 atom stereocenters. The van der Waals surface area contributed by atoms with E-state index in [0.717, 1.165) is 30.8 Å². The summed E-state index contributed by atoms with van der Waals surface area (Å²) in [5.74, 6) is 0.495. The number of methoxy groups -OCH3 is 1. The van der Waals surface area contributed by atoms with Crippen molar-refractivity contribution in [2.45, 2.75) is 31.3 Å². The number of para-hydroxylation sites is 1. The lowest BCUT2D eigenvalue weighted by atomic mass is 9.66. The molecule has 1 aliphatic heterocycles. The molecule has 1 N–H and O–H groups in total. The average molecular weight is 324 g/mol. The molecule has 1 saturated carbocycles. The minimum absolute atomic E-state index is 0.145. The predicted molar refractivity (Wildman–Crippen MR) is 91.1 cm³/mol. The average Bonchev–Trinajstić information content (AvgIpc) is 2.91. The number of nitrogens with one attached hydrogen (secondary N) is 1. The van der Waals surface area contributed by atoms with Gasteiger partial charge in [0.05, 0.1) is 12.3 Å². The Labute approximate surface area is 140 Å². The third kappa shape index (κ3) is 2.43. The second-order valence-corrected chi connectivity index (χ2v) is 6.49. The molecule has 0 radical (unpaired) electrons. The van der Waals surface area contributed by atoms with Gasteiger partial charge in [-0.3, -0.25) is 10.2 Å². The maximum Gasteiger partial charge on any atom is 0.327 e. The Morgan fingerprint density at radius 2 is 2.17 bits per heavy atom. The number of anilines is 2. The number of nitrogens with zero attached hydrogens (tertiary/aromatic N) is 3. The van der Waals surface area contributed by atoms with Gasteiger partial charge in [-0.25, -0.2) is 14.8 Å². The first-order chi connectivity index (χ1) is 11.7. The molecular formula is C18H20N4O2. The molecule has 1 aromatic carbocycles. The number of urea groups is 1. The SMILES string of the molecule is COCc1cc(NC(=O)N2CC3(CCC3)c3ccccc32)ncn1. The van der Waals surface area contributed by atoms with E-state index < -0.39 is 0 Å². The van der Waals surface area contributed by atoms with Crippen LogP contribution in [0.1, 0.15) is 30.5 Å². The first-order valence-corrected chi connectivity index (χ1v) is 8.20. The Morgan fingerprint density at radius 3 is 2.92 bits per heavy atom. The van der Waals surface area contributed by atoms with Crippen molar-refractivity contribution in [2.24, 2.45) is 0 Å². The number of hydrogen-bond acceptors (Lipinski definition) is 4. The van der Waals surface area contributed by atoms with E-state index in [2.05, 4.69) is 27.4 Å². The molecule has 0 saturated heterocycles. The molecule has 0 unspecified atom stereocenters. The fourth-order valence-electron chi connectivity index (χ4n) is 3.71. The normalized spacial score (nSPS) is 17.5. The summed E-state index contributed by atoms with van der Waals surface area (Å²) in [5, 5.41) is 2.89. The third-order valence-corrected chi connectivity index (χ3v) is 5.03. The largest absolute Gasteiger partial charge is 0.378 e. The van der Waals surface area contributed by atoms with Crippen molar-refractivity contribution in [1.29, 1.82) is 0 Å². The number of benzene rings is 1. The summed E-state index contributed by atoms with van der Waals surface area (Å²) in [6, 6.07) is 9.82. The van der Waals surface area contributed by atoms with E-state index in [1.165, 1.54) is 18.3 Å². The number of carbonyl (C=O) groups is 1. The zero-order chi connectivity index (χ0) is 16.6. The van der Waals surface area contributed by atoms with E-state index in [4.69, 9.17) is 4.74 Å². The van der Waals surface area contributed by atoms with E-state index in [1.807, 2.05) is 17.0 Å². The molecule has 1 aromatic heterocycles. The lowest BCUT2D eigenvalue weighted by Crippen LogP contribution is -2.43. The van der Waals surface area contributed by atoms with Crippen molar-refractivity contribution in [1.82, 2.24) is 9.97 Å². The zero-order valence-electron chi connectivity index (χ0n) is 13.7. The molecule has 6 nitrogen and oxygen atoms in total. The maximum absolute atomic E-state index is 12.8. The van der Waals surface area contributed by atoms with Crippen LogP contribution in [-0.2, 0) is 16.8 Å². The molecule has 2 amide bonds. The van der Waals surface area contributed by atoms with Crippen molar-refractivity contribution >= 4 is 17.5 Å². The molecule has 4 rings (SSSR count). The molecule has 24 heavy (non-hydrogen) atoms. The first kappa shape index (κ1) is 15.1. The summed E-state index contributed by atoms with van der Waals surface area (Å²) >= 11 is 0. The molecule has 0 bridgehead atoms. The van der Waals surface area contributed by atoms with Crippen molar-refractivity contribution < 1.29 is 9.53 Å². The maximum atomic E-state index is 12.8.